The number of carbonyl (C=O) groups is 2. The van der Waals surface area contributed by atoms with Crippen molar-refractivity contribution in [1.82, 2.24) is 5.32 Å². The molecule has 3 fully saturated rings. The number of nitrogens with two attached hydrogens (primary N) is 1. The van der Waals surface area contributed by atoms with E-state index in [1.54, 1.807) is 11.0 Å². The van der Waals surface area contributed by atoms with Crippen LogP contribution in [0.4, 0.5) is 5.69 Å². The first kappa shape index (κ1) is 15.9. The molecule has 2 bridgehead atoms. The number of anilines is 1. The average molecular weight is 348 g/mol. The van der Waals surface area contributed by atoms with Gasteiger partial charge in [-0.1, -0.05) is 23.7 Å². The van der Waals surface area contributed by atoms with E-state index in [4.69, 9.17) is 17.3 Å². The van der Waals surface area contributed by atoms with Crippen molar-refractivity contribution < 1.29 is 9.59 Å². The van der Waals surface area contributed by atoms with Crippen LogP contribution in [-0.2, 0) is 9.59 Å². The molecule has 1 heterocycles. The Hall–Kier alpha value is -1.59. The smallest absolute Gasteiger partial charge is 0.249 e. The van der Waals surface area contributed by atoms with Gasteiger partial charge in [0.1, 0.15) is 6.04 Å². The van der Waals surface area contributed by atoms with Crippen LogP contribution in [0.25, 0.3) is 0 Å². The minimum Gasteiger partial charge on any atom is -0.344 e. The van der Waals surface area contributed by atoms with Gasteiger partial charge in [-0.2, -0.15) is 0 Å². The first-order valence-electron chi connectivity index (χ1n) is 8.68. The zero-order valence-corrected chi connectivity index (χ0v) is 14.2. The average Bonchev–Trinajstić information content (AvgIpc) is 3.24. The third kappa shape index (κ3) is 2.50. The minimum absolute atomic E-state index is 0.0472. The summed E-state index contributed by atoms with van der Waals surface area (Å²) in [5, 5.41) is 3.50. The molecular weight excluding hydrogens is 326 g/mol. The van der Waals surface area contributed by atoms with E-state index in [9.17, 15) is 9.59 Å². The van der Waals surface area contributed by atoms with Gasteiger partial charge in [0, 0.05) is 12.6 Å². The summed E-state index contributed by atoms with van der Waals surface area (Å²) in [6.07, 6.45) is 3.88. The van der Waals surface area contributed by atoms with Crippen molar-refractivity contribution in [2.24, 2.45) is 23.5 Å². The van der Waals surface area contributed by atoms with Crippen LogP contribution in [-0.4, -0.2) is 30.4 Å². The molecule has 128 valence electrons. The highest BCUT2D eigenvalue weighted by atomic mass is 35.5. The van der Waals surface area contributed by atoms with Crippen molar-refractivity contribution in [3.8, 4) is 0 Å². The van der Waals surface area contributed by atoms with Crippen molar-refractivity contribution in [3.05, 3.63) is 29.3 Å². The van der Waals surface area contributed by atoms with E-state index in [-0.39, 0.29) is 23.8 Å². The third-order valence-corrected chi connectivity index (χ3v) is 6.27. The second-order valence-corrected chi connectivity index (χ2v) is 7.63. The highest BCUT2D eigenvalue weighted by Crippen LogP contribution is 2.47. The molecule has 1 aromatic carbocycles. The molecule has 5 unspecified atom stereocenters. The van der Waals surface area contributed by atoms with Crippen LogP contribution in [0.3, 0.4) is 0 Å². The molecule has 1 saturated heterocycles. The van der Waals surface area contributed by atoms with Gasteiger partial charge in [-0.05, 0) is 49.7 Å². The largest absolute Gasteiger partial charge is 0.344 e. The molecule has 3 N–H and O–H groups in total. The Morgan fingerprint density at radius 3 is 2.67 bits per heavy atom. The van der Waals surface area contributed by atoms with Crippen molar-refractivity contribution in [2.45, 2.75) is 37.8 Å². The number of para-hydroxylation sites is 1. The van der Waals surface area contributed by atoms with Gasteiger partial charge in [-0.3, -0.25) is 9.59 Å². The van der Waals surface area contributed by atoms with E-state index in [2.05, 4.69) is 5.32 Å². The molecule has 2 saturated carbocycles. The molecule has 0 radical (unpaired) electrons. The number of hydrogen-bond donors (Lipinski definition) is 2. The summed E-state index contributed by atoms with van der Waals surface area (Å²) in [5.74, 6) is 0.596. The first-order valence-corrected chi connectivity index (χ1v) is 9.06. The summed E-state index contributed by atoms with van der Waals surface area (Å²) in [7, 11) is 0. The summed E-state index contributed by atoms with van der Waals surface area (Å²) in [6, 6.07) is 6.76. The topological polar surface area (TPSA) is 75.4 Å². The van der Waals surface area contributed by atoms with Gasteiger partial charge in [-0.25, -0.2) is 0 Å². The summed E-state index contributed by atoms with van der Waals surface area (Å²) >= 11 is 6.19. The van der Waals surface area contributed by atoms with Gasteiger partial charge in [0.05, 0.1) is 16.6 Å². The summed E-state index contributed by atoms with van der Waals surface area (Å²) in [6.45, 7) is 0.566. The Kier molecular flexibility index (Phi) is 4.01. The lowest BCUT2D eigenvalue weighted by atomic mass is 9.84. The number of benzene rings is 1. The quantitative estimate of drug-likeness (QED) is 0.877. The standard InChI is InChI=1S/C18H22ClN3O2/c19-12-3-1-2-4-14(12)22-8-7-13(18(22)24)21-17(23)15-10-5-6-11(9-10)16(15)20/h1-4,10-11,13,15-16H,5-9,20H2,(H,21,23). The fraction of sp³-hybridized carbons (Fsp3) is 0.556. The van der Waals surface area contributed by atoms with Crippen LogP contribution in [0.1, 0.15) is 25.7 Å². The van der Waals surface area contributed by atoms with Crippen LogP contribution in [0, 0.1) is 17.8 Å². The van der Waals surface area contributed by atoms with E-state index in [1.165, 1.54) is 0 Å². The molecule has 3 aliphatic rings. The van der Waals surface area contributed by atoms with Crippen molar-refractivity contribution in [3.63, 3.8) is 0 Å². The summed E-state index contributed by atoms with van der Waals surface area (Å²) in [4.78, 5) is 27.0. The molecule has 6 heteroatoms. The van der Waals surface area contributed by atoms with Crippen LogP contribution in [0.5, 0.6) is 0 Å². The second-order valence-electron chi connectivity index (χ2n) is 7.23. The van der Waals surface area contributed by atoms with Gasteiger partial charge in [0.15, 0.2) is 0 Å². The number of hydrogen-bond acceptors (Lipinski definition) is 3. The van der Waals surface area contributed by atoms with Gasteiger partial charge in [0.25, 0.3) is 0 Å². The van der Waals surface area contributed by atoms with Crippen LogP contribution >= 0.6 is 11.6 Å². The number of carbonyl (C=O) groups excluding carboxylic acids is 2. The van der Waals surface area contributed by atoms with Crippen LogP contribution < -0.4 is 16.0 Å². The predicted molar refractivity (Wildman–Crippen MR) is 92.6 cm³/mol. The molecule has 24 heavy (non-hydrogen) atoms. The molecule has 2 amide bonds. The van der Waals surface area contributed by atoms with Crippen LogP contribution in [0.15, 0.2) is 24.3 Å². The van der Waals surface area contributed by atoms with Crippen molar-refractivity contribution in [2.75, 3.05) is 11.4 Å². The first-order chi connectivity index (χ1) is 11.6. The molecule has 1 aliphatic heterocycles. The number of nitrogens with zero attached hydrogens (tertiary/aromatic N) is 1. The number of amides is 2. The fourth-order valence-electron chi connectivity index (χ4n) is 4.72. The van der Waals surface area contributed by atoms with E-state index in [0.717, 1.165) is 19.3 Å². The van der Waals surface area contributed by atoms with Gasteiger partial charge < -0.3 is 16.0 Å². The van der Waals surface area contributed by atoms with Gasteiger partial charge in [0.2, 0.25) is 11.8 Å². The van der Waals surface area contributed by atoms with E-state index in [0.29, 0.717) is 35.5 Å². The molecule has 2 aliphatic carbocycles. The Labute approximate surface area is 146 Å². The number of fused-ring (bicyclic) bond motifs is 2. The maximum atomic E-state index is 12.7. The lowest BCUT2D eigenvalue weighted by molar-refractivity contribution is -0.130. The van der Waals surface area contributed by atoms with E-state index in [1.807, 2.05) is 18.2 Å². The van der Waals surface area contributed by atoms with Crippen LogP contribution in [0.2, 0.25) is 5.02 Å². The summed E-state index contributed by atoms with van der Waals surface area (Å²) < 4.78 is 0. The predicted octanol–water partition coefficient (Wildman–Crippen LogP) is 1.93. The van der Waals surface area contributed by atoms with Crippen molar-refractivity contribution in [1.29, 1.82) is 0 Å². The number of nitrogens with one attached hydrogen (secondary N) is 1. The molecular formula is C18H22ClN3O2. The van der Waals surface area contributed by atoms with E-state index >= 15 is 0 Å². The van der Waals surface area contributed by atoms with Crippen molar-refractivity contribution >= 4 is 29.1 Å². The second kappa shape index (κ2) is 6.05. The Balaban J connectivity index is 1.44. The fourth-order valence-corrected chi connectivity index (χ4v) is 4.95. The third-order valence-electron chi connectivity index (χ3n) is 5.95. The molecule has 4 rings (SSSR count). The maximum absolute atomic E-state index is 12.7. The lowest BCUT2D eigenvalue weighted by Gasteiger charge is -2.28. The highest BCUT2D eigenvalue weighted by Gasteiger charge is 2.50. The zero-order valence-electron chi connectivity index (χ0n) is 13.5. The minimum atomic E-state index is -0.472. The molecule has 5 atom stereocenters. The molecule has 1 aromatic rings. The monoisotopic (exact) mass is 347 g/mol. The normalized spacial score (nSPS) is 34.8. The van der Waals surface area contributed by atoms with Gasteiger partial charge >= 0.3 is 0 Å². The molecule has 5 nitrogen and oxygen atoms in total. The zero-order chi connectivity index (χ0) is 16.8. The Morgan fingerprint density at radius 2 is 1.96 bits per heavy atom. The SMILES string of the molecule is NC1C2CCC(C2)C1C(=O)NC1CCN(c2ccccc2Cl)C1=O. The number of rotatable bonds is 3. The molecule has 0 aromatic heterocycles. The van der Waals surface area contributed by atoms with Gasteiger partial charge in [-0.15, -0.1) is 0 Å². The Bertz CT molecular complexity index is 678. The summed E-state index contributed by atoms with van der Waals surface area (Å²) in [5.41, 5.74) is 6.94. The highest BCUT2D eigenvalue weighted by molar-refractivity contribution is 6.34. The maximum Gasteiger partial charge on any atom is 0.249 e. The Morgan fingerprint density at radius 1 is 1.21 bits per heavy atom. The van der Waals surface area contributed by atoms with E-state index < -0.39 is 6.04 Å². The lowest BCUT2D eigenvalue weighted by Crippen LogP contribution is -2.50. The number of halogens is 1. The molecule has 0 spiro atoms.